The second-order valence-corrected chi connectivity index (χ2v) is 5.58. The van der Waals surface area contributed by atoms with Crippen LogP contribution in [0.3, 0.4) is 0 Å². The highest BCUT2D eigenvalue weighted by atomic mass is 32.1. The van der Waals surface area contributed by atoms with E-state index in [9.17, 15) is 0 Å². The molecule has 0 heterocycles. The molecule has 3 nitrogen and oxygen atoms in total. The molecule has 0 saturated carbocycles. The Morgan fingerprint density at radius 2 is 2.05 bits per heavy atom. The largest absolute Gasteiger partial charge is 0.389 e. The van der Waals surface area contributed by atoms with Gasteiger partial charge in [0.05, 0.1) is 6.61 Å². The highest BCUT2D eigenvalue weighted by Gasteiger charge is 2.11. The predicted molar refractivity (Wildman–Crippen MR) is 84.3 cm³/mol. The van der Waals surface area contributed by atoms with Crippen LogP contribution in [0.1, 0.15) is 25.0 Å². The molecule has 0 aromatic heterocycles. The molecule has 2 N–H and O–H groups in total. The van der Waals surface area contributed by atoms with E-state index in [1.807, 2.05) is 18.2 Å². The van der Waals surface area contributed by atoms with Gasteiger partial charge in [0.2, 0.25) is 0 Å². The Hall–Kier alpha value is -0.970. The molecular weight excluding hydrogens is 256 g/mol. The lowest BCUT2D eigenvalue weighted by molar-refractivity contribution is 0.136. The maximum Gasteiger partial charge on any atom is 0.104 e. The van der Waals surface area contributed by atoms with Crippen molar-refractivity contribution in [1.82, 2.24) is 4.90 Å². The van der Waals surface area contributed by atoms with Gasteiger partial charge in [-0.2, -0.15) is 0 Å². The van der Waals surface area contributed by atoms with Crippen LogP contribution in [0.4, 0.5) is 0 Å². The number of hydrogen-bond donors (Lipinski definition) is 1. The zero-order chi connectivity index (χ0) is 14.3. The standard InChI is InChI=1S/C15H24N2OS/c1-12(2)10-17(8-9-18-3)11-13-6-4-5-7-14(13)15(16)19/h4-7,12H,8-11H2,1-3H3,(H2,16,19). The fourth-order valence-electron chi connectivity index (χ4n) is 2.11. The van der Waals surface area contributed by atoms with E-state index in [4.69, 9.17) is 22.7 Å². The Morgan fingerprint density at radius 1 is 1.37 bits per heavy atom. The number of benzene rings is 1. The van der Waals surface area contributed by atoms with Gasteiger partial charge < -0.3 is 10.5 Å². The normalized spacial score (nSPS) is 11.2. The van der Waals surface area contributed by atoms with Crippen LogP contribution in [-0.4, -0.2) is 36.7 Å². The van der Waals surface area contributed by atoms with Gasteiger partial charge in [-0.15, -0.1) is 0 Å². The minimum atomic E-state index is 0.465. The van der Waals surface area contributed by atoms with Gasteiger partial charge in [0.25, 0.3) is 0 Å². The number of hydrogen-bond acceptors (Lipinski definition) is 3. The minimum Gasteiger partial charge on any atom is -0.389 e. The van der Waals surface area contributed by atoms with Gasteiger partial charge in [0, 0.05) is 32.3 Å². The molecule has 0 aliphatic heterocycles. The average Bonchev–Trinajstić information content (AvgIpc) is 2.35. The maximum atomic E-state index is 5.78. The molecule has 0 atom stereocenters. The van der Waals surface area contributed by atoms with Crippen molar-refractivity contribution in [2.24, 2.45) is 11.7 Å². The molecule has 0 aliphatic rings. The molecule has 1 rings (SSSR count). The number of nitrogens with zero attached hydrogens (tertiary/aromatic N) is 1. The van der Waals surface area contributed by atoms with E-state index in [1.54, 1.807) is 7.11 Å². The summed E-state index contributed by atoms with van der Waals surface area (Å²) >= 11 is 5.11. The van der Waals surface area contributed by atoms with E-state index < -0.39 is 0 Å². The van der Waals surface area contributed by atoms with Crippen molar-refractivity contribution in [3.05, 3.63) is 35.4 Å². The van der Waals surface area contributed by atoms with Crippen LogP contribution in [0.2, 0.25) is 0 Å². The zero-order valence-electron chi connectivity index (χ0n) is 12.1. The monoisotopic (exact) mass is 280 g/mol. The molecule has 19 heavy (non-hydrogen) atoms. The quantitative estimate of drug-likeness (QED) is 0.742. The molecule has 0 aliphatic carbocycles. The fourth-order valence-corrected chi connectivity index (χ4v) is 2.31. The second-order valence-electron chi connectivity index (χ2n) is 5.14. The molecule has 1 aromatic rings. The Kier molecular flexibility index (Phi) is 6.99. The van der Waals surface area contributed by atoms with Crippen LogP contribution in [0.5, 0.6) is 0 Å². The van der Waals surface area contributed by atoms with Gasteiger partial charge in [-0.25, -0.2) is 0 Å². The zero-order valence-corrected chi connectivity index (χ0v) is 12.9. The summed E-state index contributed by atoms with van der Waals surface area (Å²) in [4.78, 5) is 2.84. The van der Waals surface area contributed by atoms with E-state index in [-0.39, 0.29) is 0 Å². The van der Waals surface area contributed by atoms with Gasteiger partial charge in [0.1, 0.15) is 4.99 Å². The molecule has 0 spiro atoms. The SMILES string of the molecule is COCCN(Cc1ccccc1C(N)=S)CC(C)C. The molecule has 1 aromatic carbocycles. The molecule has 0 amide bonds. The van der Waals surface area contributed by atoms with Crippen molar-refractivity contribution in [2.45, 2.75) is 20.4 Å². The van der Waals surface area contributed by atoms with E-state index in [0.717, 1.165) is 31.8 Å². The summed E-state index contributed by atoms with van der Waals surface area (Å²) in [5, 5.41) is 0. The highest BCUT2D eigenvalue weighted by molar-refractivity contribution is 7.80. The Balaban J connectivity index is 2.80. The number of rotatable bonds is 8. The van der Waals surface area contributed by atoms with Gasteiger partial charge in [-0.1, -0.05) is 50.3 Å². The predicted octanol–water partition coefficient (Wildman–Crippen LogP) is 2.43. The van der Waals surface area contributed by atoms with Gasteiger partial charge in [0.15, 0.2) is 0 Å². The van der Waals surface area contributed by atoms with Crippen LogP contribution >= 0.6 is 12.2 Å². The van der Waals surface area contributed by atoms with Crippen LogP contribution in [0.15, 0.2) is 24.3 Å². The molecular formula is C15H24N2OS. The smallest absolute Gasteiger partial charge is 0.104 e. The van der Waals surface area contributed by atoms with E-state index in [0.29, 0.717) is 10.9 Å². The molecule has 0 saturated heterocycles. The lowest BCUT2D eigenvalue weighted by atomic mass is 10.1. The third-order valence-corrected chi connectivity index (χ3v) is 3.13. The average molecular weight is 280 g/mol. The van der Waals surface area contributed by atoms with E-state index >= 15 is 0 Å². The molecule has 0 unspecified atom stereocenters. The third-order valence-electron chi connectivity index (χ3n) is 2.91. The van der Waals surface area contributed by atoms with Crippen molar-refractivity contribution in [2.75, 3.05) is 26.8 Å². The van der Waals surface area contributed by atoms with Crippen LogP contribution in [0.25, 0.3) is 0 Å². The first-order valence-electron chi connectivity index (χ1n) is 6.63. The van der Waals surface area contributed by atoms with Crippen molar-refractivity contribution in [1.29, 1.82) is 0 Å². The molecule has 0 bridgehead atoms. The lowest BCUT2D eigenvalue weighted by Crippen LogP contribution is -2.31. The summed E-state index contributed by atoms with van der Waals surface area (Å²) in [6.07, 6.45) is 0. The summed E-state index contributed by atoms with van der Waals surface area (Å²) in [5.74, 6) is 0.619. The van der Waals surface area contributed by atoms with Crippen LogP contribution in [-0.2, 0) is 11.3 Å². The third kappa shape index (κ3) is 5.68. The van der Waals surface area contributed by atoms with Gasteiger partial charge in [-0.3, -0.25) is 4.90 Å². The topological polar surface area (TPSA) is 38.5 Å². The summed E-state index contributed by atoms with van der Waals surface area (Å²) in [6, 6.07) is 8.08. The second kappa shape index (κ2) is 8.25. The Morgan fingerprint density at radius 3 is 2.63 bits per heavy atom. The van der Waals surface area contributed by atoms with Crippen molar-refractivity contribution in [3.8, 4) is 0 Å². The first-order chi connectivity index (χ1) is 9.04. The Labute approximate surface area is 121 Å². The fraction of sp³-hybridized carbons (Fsp3) is 0.533. The van der Waals surface area contributed by atoms with Gasteiger partial charge >= 0.3 is 0 Å². The van der Waals surface area contributed by atoms with E-state index in [2.05, 4.69) is 24.8 Å². The maximum absolute atomic E-state index is 5.78. The summed E-state index contributed by atoms with van der Waals surface area (Å²) in [7, 11) is 1.73. The summed E-state index contributed by atoms with van der Waals surface area (Å²) < 4.78 is 5.18. The van der Waals surface area contributed by atoms with Gasteiger partial charge in [-0.05, 0) is 11.5 Å². The van der Waals surface area contributed by atoms with Crippen molar-refractivity contribution < 1.29 is 4.74 Å². The van der Waals surface area contributed by atoms with Crippen molar-refractivity contribution >= 4 is 17.2 Å². The van der Waals surface area contributed by atoms with E-state index in [1.165, 1.54) is 5.56 Å². The van der Waals surface area contributed by atoms with Crippen LogP contribution < -0.4 is 5.73 Å². The lowest BCUT2D eigenvalue weighted by Gasteiger charge is -2.25. The first kappa shape index (κ1) is 16.1. The highest BCUT2D eigenvalue weighted by Crippen LogP contribution is 2.13. The summed E-state index contributed by atoms with van der Waals surface area (Å²) in [5.41, 5.74) is 7.94. The first-order valence-corrected chi connectivity index (χ1v) is 7.04. The molecule has 0 radical (unpaired) electrons. The number of ether oxygens (including phenoxy) is 1. The summed E-state index contributed by atoms with van der Waals surface area (Å²) in [6.45, 7) is 7.99. The Bertz CT molecular complexity index is 407. The number of thiocarbonyl (C=S) groups is 1. The molecule has 4 heteroatoms. The number of methoxy groups -OCH3 is 1. The van der Waals surface area contributed by atoms with Crippen molar-refractivity contribution in [3.63, 3.8) is 0 Å². The number of nitrogens with two attached hydrogens (primary N) is 1. The molecule has 106 valence electrons. The van der Waals surface area contributed by atoms with Crippen LogP contribution in [0, 0.1) is 5.92 Å². The minimum absolute atomic E-state index is 0.465. The molecule has 0 fully saturated rings.